The molecule has 0 radical (unpaired) electrons. The van der Waals surface area contributed by atoms with Crippen LogP contribution < -0.4 is 10.6 Å². The van der Waals surface area contributed by atoms with Gasteiger partial charge in [-0.2, -0.15) is 0 Å². The average Bonchev–Trinajstić information content (AvgIpc) is 3.11. The maximum Gasteiger partial charge on any atom is 0.224 e. The van der Waals surface area contributed by atoms with Crippen LogP contribution in [0.5, 0.6) is 0 Å². The zero-order chi connectivity index (χ0) is 19.2. The lowest BCUT2D eigenvalue weighted by Crippen LogP contribution is -2.12. The van der Waals surface area contributed by atoms with Crippen LogP contribution in [-0.4, -0.2) is 16.8 Å². The summed E-state index contributed by atoms with van der Waals surface area (Å²) >= 11 is 0. The van der Waals surface area contributed by atoms with Crippen LogP contribution >= 0.6 is 0 Å². The second-order valence-corrected chi connectivity index (χ2v) is 5.93. The van der Waals surface area contributed by atoms with E-state index in [-0.39, 0.29) is 24.1 Å². The Morgan fingerprint density at radius 1 is 1.00 bits per heavy atom. The highest BCUT2D eigenvalue weighted by Gasteiger charge is 2.09. The number of carbonyl (C=O) groups is 2. The van der Waals surface area contributed by atoms with E-state index in [0.29, 0.717) is 29.4 Å². The Kier molecular flexibility index (Phi) is 5.61. The first-order chi connectivity index (χ1) is 13.0. The van der Waals surface area contributed by atoms with Crippen molar-refractivity contribution in [3.8, 4) is 11.3 Å². The highest BCUT2D eigenvalue weighted by atomic mass is 19.1. The van der Waals surface area contributed by atoms with Gasteiger partial charge in [0.1, 0.15) is 5.82 Å². The molecule has 1 aromatic heterocycles. The Balaban J connectivity index is 1.52. The summed E-state index contributed by atoms with van der Waals surface area (Å²) in [6.07, 6.45) is 2.11. The van der Waals surface area contributed by atoms with E-state index in [4.69, 9.17) is 4.42 Å². The van der Waals surface area contributed by atoms with Gasteiger partial charge in [-0.1, -0.05) is 0 Å². The molecular formula is C20H18FN3O3. The number of benzene rings is 2. The predicted molar refractivity (Wildman–Crippen MR) is 99.6 cm³/mol. The molecule has 138 valence electrons. The number of nitrogens with one attached hydrogen (secondary N) is 2. The molecule has 3 rings (SSSR count). The molecule has 0 aliphatic carbocycles. The molecular weight excluding hydrogens is 349 g/mol. The number of carbonyl (C=O) groups excluding carboxylic acids is 2. The van der Waals surface area contributed by atoms with Crippen LogP contribution in [0.15, 0.2) is 59.1 Å². The first kappa shape index (κ1) is 18.3. The molecule has 0 saturated heterocycles. The molecule has 0 aliphatic rings. The molecule has 0 spiro atoms. The lowest BCUT2D eigenvalue weighted by molar-refractivity contribution is -0.116. The van der Waals surface area contributed by atoms with Crippen LogP contribution in [0.3, 0.4) is 0 Å². The minimum Gasteiger partial charge on any atom is -0.441 e. The van der Waals surface area contributed by atoms with Gasteiger partial charge >= 0.3 is 0 Å². The van der Waals surface area contributed by atoms with Gasteiger partial charge in [-0.3, -0.25) is 9.59 Å². The maximum atomic E-state index is 13.0. The van der Waals surface area contributed by atoms with E-state index in [0.717, 1.165) is 5.56 Å². The maximum absolute atomic E-state index is 13.0. The monoisotopic (exact) mass is 367 g/mol. The van der Waals surface area contributed by atoms with Gasteiger partial charge in [0.2, 0.25) is 11.8 Å². The Labute approximate surface area is 155 Å². The molecule has 0 bridgehead atoms. The van der Waals surface area contributed by atoms with Crippen molar-refractivity contribution in [2.45, 2.75) is 19.8 Å². The third-order valence-electron chi connectivity index (χ3n) is 3.74. The topological polar surface area (TPSA) is 84.2 Å². The highest BCUT2D eigenvalue weighted by molar-refractivity contribution is 5.92. The molecule has 3 aromatic rings. The molecule has 27 heavy (non-hydrogen) atoms. The number of amides is 2. The largest absolute Gasteiger partial charge is 0.441 e. The smallest absolute Gasteiger partial charge is 0.224 e. The van der Waals surface area contributed by atoms with Gasteiger partial charge in [-0.15, -0.1) is 0 Å². The number of hydrogen-bond donors (Lipinski definition) is 2. The van der Waals surface area contributed by atoms with Gasteiger partial charge in [0.25, 0.3) is 0 Å². The average molecular weight is 367 g/mol. The zero-order valence-electron chi connectivity index (χ0n) is 14.7. The minimum atomic E-state index is -0.319. The quantitative estimate of drug-likeness (QED) is 0.689. The molecule has 7 heteroatoms. The molecule has 1 heterocycles. The predicted octanol–water partition coefficient (Wildman–Crippen LogP) is 4.01. The molecule has 0 saturated carbocycles. The van der Waals surface area contributed by atoms with E-state index < -0.39 is 0 Å². The summed E-state index contributed by atoms with van der Waals surface area (Å²) in [7, 11) is 0. The number of anilines is 2. The third kappa shape index (κ3) is 5.24. The standard InChI is InChI=1S/C20H18FN3O3/c1-13(25)23-16-6-8-17(9-7-16)24-19(26)10-11-20-22-12-18(27-20)14-2-4-15(21)5-3-14/h2-9,12H,10-11H2,1H3,(H,23,25)(H,24,26). The summed E-state index contributed by atoms with van der Waals surface area (Å²) in [5, 5.41) is 5.43. The van der Waals surface area contributed by atoms with Crippen molar-refractivity contribution < 1.29 is 18.4 Å². The van der Waals surface area contributed by atoms with Gasteiger partial charge in [-0.25, -0.2) is 9.37 Å². The molecule has 0 fully saturated rings. The van der Waals surface area contributed by atoms with Crippen molar-refractivity contribution >= 4 is 23.2 Å². The van der Waals surface area contributed by atoms with Crippen LogP contribution in [-0.2, 0) is 16.0 Å². The zero-order valence-corrected chi connectivity index (χ0v) is 14.7. The molecule has 0 unspecified atom stereocenters. The van der Waals surface area contributed by atoms with Crippen LogP contribution in [0, 0.1) is 5.82 Å². The first-order valence-electron chi connectivity index (χ1n) is 8.38. The number of aromatic nitrogens is 1. The fourth-order valence-electron chi connectivity index (χ4n) is 2.46. The van der Waals surface area contributed by atoms with Gasteiger partial charge in [-0.05, 0) is 48.5 Å². The number of aryl methyl sites for hydroxylation is 1. The van der Waals surface area contributed by atoms with Crippen molar-refractivity contribution in [2.75, 3.05) is 10.6 Å². The van der Waals surface area contributed by atoms with Gasteiger partial charge in [0.05, 0.1) is 6.20 Å². The molecule has 0 aliphatic heterocycles. The Bertz CT molecular complexity index is 934. The fraction of sp³-hybridized carbons (Fsp3) is 0.150. The Hall–Kier alpha value is -3.48. The summed E-state index contributed by atoms with van der Waals surface area (Å²) in [6, 6.07) is 12.8. The summed E-state index contributed by atoms with van der Waals surface area (Å²) in [4.78, 5) is 27.2. The van der Waals surface area contributed by atoms with Crippen LogP contribution in [0.25, 0.3) is 11.3 Å². The molecule has 2 aromatic carbocycles. The Morgan fingerprint density at radius 2 is 1.63 bits per heavy atom. The van der Waals surface area contributed by atoms with Crippen molar-refractivity contribution in [1.82, 2.24) is 4.98 Å². The summed E-state index contributed by atoms with van der Waals surface area (Å²) < 4.78 is 18.6. The highest BCUT2D eigenvalue weighted by Crippen LogP contribution is 2.21. The molecule has 0 atom stereocenters. The van der Waals surface area contributed by atoms with Gasteiger partial charge in [0.15, 0.2) is 11.7 Å². The van der Waals surface area contributed by atoms with Crippen molar-refractivity contribution in [2.24, 2.45) is 0 Å². The lowest BCUT2D eigenvalue weighted by atomic mass is 10.2. The number of oxazole rings is 1. The van der Waals surface area contributed by atoms with E-state index in [2.05, 4.69) is 15.6 Å². The second-order valence-electron chi connectivity index (χ2n) is 5.93. The normalized spacial score (nSPS) is 10.4. The number of hydrogen-bond acceptors (Lipinski definition) is 4. The second kappa shape index (κ2) is 8.27. The van der Waals surface area contributed by atoms with E-state index >= 15 is 0 Å². The molecule has 6 nitrogen and oxygen atoms in total. The summed E-state index contributed by atoms with van der Waals surface area (Å²) in [5.74, 6) is 0.311. The van der Waals surface area contributed by atoms with Crippen molar-refractivity contribution in [3.05, 3.63) is 66.4 Å². The fourth-order valence-corrected chi connectivity index (χ4v) is 2.46. The van der Waals surface area contributed by atoms with Gasteiger partial charge in [0, 0.05) is 36.7 Å². The van der Waals surface area contributed by atoms with Crippen LogP contribution in [0.4, 0.5) is 15.8 Å². The molecule has 2 amide bonds. The third-order valence-corrected chi connectivity index (χ3v) is 3.74. The van der Waals surface area contributed by atoms with Crippen molar-refractivity contribution in [3.63, 3.8) is 0 Å². The number of nitrogens with zero attached hydrogens (tertiary/aromatic N) is 1. The SMILES string of the molecule is CC(=O)Nc1ccc(NC(=O)CCc2ncc(-c3ccc(F)cc3)o2)cc1. The van der Waals surface area contributed by atoms with Crippen LogP contribution in [0.2, 0.25) is 0 Å². The van der Waals surface area contributed by atoms with E-state index in [1.807, 2.05) is 0 Å². The number of halogens is 1. The van der Waals surface area contributed by atoms with E-state index in [9.17, 15) is 14.0 Å². The van der Waals surface area contributed by atoms with Gasteiger partial charge < -0.3 is 15.1 Å². The minimum absolute atomic E-state index is 0.155. The first-order valence-corrected chi connectivity index (χ1v) is 8.38. The lowest BCUT2D eigenvalue weighted by Gasteiger charge is -2.06. The summed E-state index contributed by atoms with van der Waals surface area (Å²) in [6.45, 7) is 1.43. The van der Waals surface area contributed by atoms with E-state index in [1.165, 1.54) is 19.1 Å². The molecule has 2 N–H and O–H groups in total. The van der Waals surface area contributed by atoms with Crippen molar-refractivity contribution in [1.29, 1.82) is 0 Å². The Morgan fingerprint density at radius 3 is 2.26 bits per heavy atom. The summed E-state index contributed by atoms with van der Waals surface area (Å²) in [5.41, 5.74) is 2.01. The van der Waals surface area contributed by atoms with Crippen LogP contribution in [0.1, 0.15) is 19.2 Å². The number of rotatable bonds is 6. The van der Waals surface area contributed by atoms with E-state index in [1.54, 1.807) is 42.6 Å².